The third-order valence-corrected chi connectivity index (χ3v) is 3.07. The Bertz CT molecular complexity index is 197. The Balaban J connectivity index is 3.54. The molecule has 0 fully saturated rings. The molecule has 1 amide bonds. The summed E-state index contributed by atoms with van der Waals surface area (Å²) in [4.78, 5) is 11.4. The van der Waals surface area contributed by atoms with E-state index in [9.17, 15) is 4.79 Å². The van der Waals surface area contributed by atoms with Crippen LogP contribution >= 0.6 is 0 Å². The van der Waals surface area contributed by atoms with Gasteiger partial charge in [0.2, 0.25) is 5.91 Å². The minimum Gasteiger partial charge on any atom is -0.355 e. The number of rotatable bonds is 7. The molecule has 0 aliphatic heterocycles. The first kappa shape index (κ1) is 15.4. The zero-order valence-electron chi connectivity index (χ0n) is 11.5. The van der Waals surface area contributed by atoms with Crippen molar-refractivity contribution in [1.82, 2.24) is 10.6 Å². The molecule has 1 atom stereocenters. The summed E-state index contributed by atoms with van der Waals surface area (Å²) in [6.07, 6.45) is 2.18. The van der Waals surface area contributed by atoms with E-state index < -0.39 is 0 Å². The van der Waals surface area contributed by atoms with Gasteiger partial charge in [-0.3, -0.25) is 4.79 Å². The van der Waals surface area contributed by atoms with E-state index in [0.29, 0.717) is 17.9 Å². The molecule has 0 heterocycles. The van der Waals surface area contributed by atoms with Crippen molar-refractivity contribution in [2.24, 2.45) is 11.3 Å². The van der Waals surface area contributed by atoms with Crippen LogP contribution in [0.15, 0.2) is 0 Å². The van der Waals surface area contributed by atoms with Gasteiger partial charge in [-0.15, -0.1) is 0 Å². The summed E-state index contributed by atoms with van der Waals surface area (Å²) in [5.74, 6) is 0.672. The molecular formula is C13H28N2O. The molecule has 3 nitrogen and oxygen atoms in total. The van der Waals surface area contributed by atoms with Crippen LogP contribution < -0.4 is 10.6 Å². The number of amides is 1. The molecule has 0 aliphatic carbocycles. The Labute approximate surface area is 100 Å². The summed E-state index contributed by atoms with van der Waals surface area (Å²) in [5.41, 5.74) is 0.297. The molecule has 0 saturated heterocycles. The molecule has 0 aromatic heterocycles. The van der Waals surface area contributed by atoms with Crippen LogP contribution in [0.4, 0.5) is 0 Å². The van der Waals surface area contributed by atoms with Crippen LogP contribution in [0.5, 0.6) is 0 Å². The van der Waals surface area contributed by atoms with Gasteiger partial charge >= 0.3 is 0 Å². The lowest BCUT2D eigenvalue weighted by Gasteiger charge is -2.27. The van der Waals surface area contributed by atoms with Gasteiger partial charge in [-0.25, -0.2) is 0 Å². The maximum absolute atomic E-state index is 11.4. The molecule has 0 rings (SSSR count). The molecule has 3 heteroatoms. The third-order valence-electron chi connectivity index (χ3n) is 3.07. The Kier molecular flexibility index (Phi) is 7.39. The maximum atomic E-state index is 11.4. The molecule has 0 aromatic carbocycles. The highest BCUT2D eigenvalue weighted by Gasteiger charge is 2.19. The minimum atomic E-state index is 0.106. The molecule has 0 radical (unpaired) electrons. The summed E-state index contributed by atoms with van der Waals surface area (Å²) in [5, 5.41) is 6.10. The lowest BCUT2D eigenvalue weighted by Crippen LogP contribution is -2.38. The Morgan fingerprint density at radius 3 is 2.44 bits per heavy atom. The van der Waals surface area contributed by atoms with Crippen molar-refractivity contribution in [2.75, 3.05) is 19.6 Å². The number of hydrogen-bond donors (Lipinski definition) is 2. The van der Waals surface area contributed by atoms with E-state index in [0.717, 1.165) is 25.9 Å². The van der Waals surface area contributed by atoms with Crippen molar-refractivity contribution in [3.8, 4) is 0 Å². The largest absolute Gasteiger partial charge is 0.355 e. The fourth-order valence-electron chi connectivity index (χ4n) is 1.18. The van der Waals surface area contributed by atoms with Crippen molar-refractivity contribution in [1.29, 1.82) is 0 Å². The van der Waals surface area contributed by atoms with Crippen LogP contribution in [0, 0.1) is 11.3 Å². The Hall–Kier alpha value is -0.570. The van der Waals surface area contributed by atoms with E-state index in [-0.39, 0.29) is 5.91 Å². The van der Waals surface area contributed by atoms with Gasteiger partial charge in [0.1, 0.15) is 0 Å². The lowest BCUT2D eigenvalue weighted by atomic mass is 9.82. The zero-order chi connectivity index (χ0) is 12.6. The van der Waals surface area contributed by atoms with Crippen LogP contribution in [0.2, 0.25) is 0 Å². The highest BCUT2D eigenvalue weighted by molar-refractivity contribution is 5.77. The predicted molar refractivity (Wildman–Crippen MR) is 69.4 cm³/mol. The number of nitrogens with one attached hydrogen (secondary N) is 2. The molecule has 0 aliphatic rings. The second-order valence-corrected chi connectivity index (χ2v) is 5.60. The summed E-state index contributed by atoms with van der Waals surface area (Å²) in [7, 11) is 0. The van der Waals surface area contributed by atoms with Crippen molar-refractivity contribution < 1.29 is 4.79 Å². The fourth-order valence-corrected chi connectivity index (χ4v) is 1.18. The first-order chi connectivity index (χ1) is 7.38. The summed E-state index contributed by atoms with van der Waals surface area (Å²) >= 11 is 0. The van der Waals surface area contributed by atoms with Gasteiger partial charge in [-0.2, -0.15) is 0 Å². The SMILES string of the molecule is CCCCNC(=O)CNCC(C)C(C)(C)C. The van der Waals surface area contributed by atoms with Gasteiger partial charge in [0.15, 0.2) is 0 Å². The highest BCUT2D eigenvalue weighted by atomic mass is 16.1. The third kappa shape index (κ3) is 7.69. The summed E-state index contributed by atoms with van der Waals surface area (Å²) in [6.45, 7) is 13.1. The molecule has 16 heavy (non-hydrogen) atoms. The van der Waals surface area contributed by atoms with Crippen LogP contribution in [0.1, 0.15) is 47.5 Å². The summed E-state index contributed by atoms with van der Waals surface area (Å²) in [6, 6.07) is 0. The van der Waals surface area contributed by atoms with Gasteiger partial charge in [0, 0.05) is 6.54 Å². The first-order valence-electron chi connectivity index (χ1n) is 6.35. The number of unbranched alkanes of at least 4 members (excludes halogenated alkanes) is 1. The van der Waals surface area contributed by atoms with Crippen molar-refractivity contribution in [2.45, 2.75) is 47.5 Å². The highest BCUT2D eigenvalue weighted by Crippen LogP contribution is 2.24. The van der Waals surface area contributed by atoms with Crippen molar-refractivity contribution in [3.63, 3.8) is 0 Å². The second-order valence-electron chi connectivity index (χ2n) is 5.60. The minimum absolute atomic E-state index is 0.106. The number of carbonyl (C=O) groups is 1. The molecular weight excluding hydrogens is 200 g/mol. The fraction of sp³-hybridized carbons (Fsp3) is 0.923. The van der Waals surface area contributed by atoms with Crippen LogP contribution in [-0.4, -0.2) is 25.5 Å². The van der Waals surface area contributed by atoms with E-state index in [1.54, 1.807) is 0 Å². The topological polar surface area (TPSA) is 41.1 Å². The van der Waals surface area contributed by atoms with E-state index in [1.807, 2.05) is 0 Å². The van der Waals surface area contributed by atoms with Crippen LogP contribution in [-0.2, 0) is 4.79 Å². The molecule has 1 unspecified atom stereocenters. The van der Waals surface area contributed by atoms with E-state index >= 15 is 0 Å². The number of carbonyl (C=O) groups excluding carboxylic acids is 1. The Morgan fingerprint density at radius 1 is 1.31 bits per heavy atom. The molecule has 0 saturated carbocycles. The predicted octanol–water partition coefficient (Wildman–Crippen LogP) is 2.17. The second kappa shape index (κ2) is 7.66. The van der Waals surface area contributed by atoms with Gasteiger partial charge in [-0.1, -0.05) is 41.0 Å². The van der Waals surface area contributed by atoms with Gasteiger partial charge < -0.3 is 10.6 Å². The average molecular weight is 228 g/mol. The molecule has 96 valence electrons. The van der Waals surface area contributed by atoms with Gasteiger partial charge in [0.05, 0.1) is 6.54 Å². The normalized spacial score (nSPS) is 13.6. The van der Waals surface area contributed by atoms with Crippen LogP contribution in [0.25, 0.3) is 0 Å². The quantitative estimate of drug-likeness (QED) is 0.656. The average Bonchev–Trinajstić information content (AvgIpc) is 2.16. The molecule has 0 aromatic rings. The van der Waals surface area contributed by atoms with Crippen LogP contribution in [0.3, 0.4) is 0 Å². The van der Waals surface area contributed by atoms with Gasteiger partial charge in [0.25, 0.3) is 0 Å². The lowest BCUT2D eigenvalue weighted by molar-refractivity contribution is -0.120. The molecule has 0 bridgehead atoms. The standard InChI is InChI=1S/C13H28N2O/c1-6-7-8-15-12(16)10-14-9-11(2)13(3,4)5/h11,14H,6-10H2,1-5H3,(H,15,16). The first-order valence-corrected chi connectivity index (χ1v) is 6.35. The maximum Gasteiger partial charge on any atom is 0.233 e. The molecule has 2 N–H and O–H groups in total. The zero-order valence-corrected chi connectivity index (χ0v) is 11.5. The van der Waals surface area contributed by atoms with E-state index in [2.05, 4.69) is 45.3 Å². The van der Waals surface area contributed by atoms with Crippen molar-refractivity contribution in [3.05, 3.63) is 0 Å². The monoisotopic (exact) mass is 228 g/mol. The smallest absolute Gasteiger partial charge is 0.233 e. The molecule has 0 spiro atoms. The Morgan fingerprint density at radius 2 is 1.94 bits per heavy atom. The van der Waals surface area contributed by atoms with E-state index in [4.69, 9.17) is 0 Å². The number of hydrogen-bond acceptors (Lipinski definition) is 2. The van der Waals surface area contributed by atoms with Crippen molar-refractivity contribution >= 4 is 5.91 Å². The van der Waals surface area contributed by atoms with E-state index in [1.165, 1.54) is 0 Å². The van der Waals surface area contributed by atoms with Gasteiger partial charge in [-0.05, 0) is 24.3 Å². The summed E-state index contributed by atoms with van der Waals surface area (Å²) < 4.78 is 0.